The molecule has 0 radical (unpaired) electrons. The number of rotatable bonds is 10. The van der Waals surface area contributed by atoms with Crippen molar-refractivity contribution in [3.05, 3.63) is 59.9 Å². The van der Waals surface area contributed by atoms with E-state index in [1.54, 1.807) is 12.3 Å². The van der Waals surface area contributed by atoms with Crippen LogP contribution in [0.4, 0.5) is 0 Å². The van der Waals surface area contributed by atoms with Gasteiger partial charge in [0, 0.05) is 12.4 Å². The van der Waals surface area contributed by atoms with Crippen LogP contribution in [0.1, 0.15) is 64.5 Å². The smallest absolute Gasteiger partial charge is 0.119 e. The summed E-state index contributed by atoms with van der Waals surface area (Å²) in [4.78, 5) is 4.28. The highest BCUT2D eigenvalue weighted by molar-refractivity contribution is 5.35. The summed E-state index contributed by atoms with van der Waals surface area (Å²) in [6.45, 7) is 10.8. The van der Waals surface area contributed by atoms with Gasteiger partial charge in [-0.15, -0.1) is 0 Å². The van der Waals surface area contributed by atoms with Crippen molar-refractivity contribution in [2.45, 2.75) is 65.9 Å². The Hall–Kier alpha value is -1.87. The van der Waals surface area contributed by atoms with E-state index in [-0.39, 0.29) is 11.8 Å². The maximum Gasteiger partial charge on any atom is 0.119 e. The lowest BCUT2D eigenvalue weighted by Gasteiger charge is -2.39. The van der Waals surface area contributed by atoms with Gasteiger partial charge in [-0.1, -0.05) is 58.4 Å². The molecule has 0 amide bonds. The van der Waals surface area contributed by atoms with Crippen LogP contribution in [-0.4, -0.2) is 21.3 Å². The largest absolute Gasteiger partial charge is 0.508 e. The summed E-state index contributed by atoms with van der Waals surface area (Å²) in [7, 11) is 0. The monoisotopic (exact) mass is 383 g/mol. The lowest BCUT2D eigenvalue weighted by Crippen LogP contribution is -2.36. The van der Waals surface area contributed by atoms with Gasteiger partial charge in [0.2, 0.25) is 0 Å². The molecule has 0 fully saturated rings. The molecule has 1 aromatic heterocycles. The lowest BCUT2D eigenvalue weighted by molar-refractivity contribution is 0.0470. The summed E-state index contributed by atoms with van der Waals surface area (Å²) in [5.74, 6) is 1.80. The number of para-hydroxylation sites is 1. The van der Waals surface area contributed by atoms with Gasteiger partial charge in [-0.05, 0) is 72.6 Å². The Morgan fingerprint density at radius 1 is 0.929 bits per heavy atom. The van der Waals surface area contributed by atoms with Crippen molar-refractivity contribution in [1.82, 2.24) is 4.98 Å². The van der Waals surface area contributed by atoms with Crippen LogP contribution in [0.3, 0.4) is 0 Å². The Bertz CT molecular complexity index is 697. The van der Waals surface area contributed by atoms with Gasteiger partial charge < -0.3 is 10.2 Å². The first-order chi connectivity index (χ1) is 13.3. The molecule has 1 aromatic carbocycles. The quantitative estimate of drug-likeness (QED) is 0.543. The number of benzene rings is 1. The normalized spacial score (nSPS) is 16.1. The molecule has 0 aliphatic carbocycles. The average Bonchev–Trinajstić information content (AvgIpc) is 2.64. The minimum atomic E-state index is -0.458. The fourth-order valence-electron chi connectivity index (χ4n) is 4.47. The molecule has 0 bridgehead atoms. The third kappa shape index (κ3) is 6.07. The van der Waals surface area contributed by atoms with E-state index in [1.165, 1.54) is 5.56 Å². The lowest BCUT2D eigenvalue weighted by atomic mass is 9.67. The molecule has 0 saturated carbocycles. The molecule has 0 spiro atoms. The maximum atomic E-state index is 10.9. The predicted octanol–water partition coefficient (Wildman–Crippen LogP) is 5.82. The molecule has 4 atom stereocenters. The third-order valence-electron chi connectivity index (χ3n) is 5.96. The van der Waals surface area contributed by atoms with E-state index in [2.05, 4.69) is 38.7 Å². The molecule has 3 heteroatoms. The summed E-state index contributed by atoms with van der Waals surface area (Å²) in [5, 5.41) is 21.5. The number of hydrogen-bond acceptors (Lipinski definition) is 3. The molecule has 28 heavy (non-hydrogen) atoms. The van der Waals surface area contributed by atoms with E-state index in [9.17, 15) is 10.2 Å². The van der Waals surface area contributed by atoms with Crippen LogP contribution in [0.5, 0.6) is 5.75 Å². The second kappa shape index (κ2) is 10.6. The van der Waals surface area contributed by atoms with E-state index < -0.39 is 6.10 Å². The number of aliphatic hydroxyl groups is 1. The molecular weight excluding hydrogens is 346 g/mol. The van der Waals surface area contributed by atoms with Gasteiger partial charge in [0.1, 0.15) is 5.75 Å². The average molecular weight is 384 g/mol. The number of pyridine rings is 1. The number of aromatic hydroxyl groups is 1. The van der Waals surface area contributed by atoms with Gasteiger partial charge in [-0.25, -0.2) is 0 Å². The number of nitrogens with zero attached hydrogens (tertiary/aromatic N) is 1. The van der Waals surface area contributed by atoms with Gasteiger partial charge in [-0.2, -0.15) is 0 Å². The van der Waals surface area contributed by atoms with Crippen LogP contribution < -0.4 is 0 Å². The van der Waals surface area contributed by atoms with E-state index in [0.29, 0.717) is 23.5 Å². The summed E-state index contributed by atoms with van der Waals surface area (Å²) in [6, 6.07) is 11.7. The molecule has 0 aliphatic rings. The van der Waals surface area contributed by atoms with Crippen molar-refractivity contribution in [3.8, 4) is 5.75 Å². The standard InChI is InChI=1S/C25H37NO2/c1-17(2)12-13-22(21-10-6-7-11-24(21)28)25(19(5)27)23(18(3)4)15-20-9-8-14-26-16-20/h6-11,14,16-19,22-23,25,27-28H,12-13,15H2,1-5H3. The summed E-state index contributed by atoms with van der Waals surface area (Å²) < 4.78 is 0. The van der Waals surface area contributed by atoms with Crippen LogP contribution in [-0.2, 0) is 6.42 Å². The zero-order valence-corrected chi connectivity index (χ0v) is 18.0. The molecule has 2 N–H and O–H groups in total. The van der Waals surface area contributed by atoms with Crippen LogP contribution >= 0.6 is 0 Å². The molecule has 1 heterocycles. The number of phenols is 1. The molecule has 2 aromatic rings. The number of phenolic OH excluding ortho intramolecular Hbond substituents is 1. The van der Waals surface area contributed by atoms with Crippen molar-refractivity contribution in [3.63, 3.8) is 0 Å². The summed E-state index contributed by atoms with van der Waals surface area (Å²) in [5.41, 5.74) is 2.16. The van der Waals surface area contributed by atoms with Crippen molar-refractivity contribution >= 4 is 0 Å². The van der Waals surface area contributed by atoms with Crippen LogP contribution in [0.25, 0.3) is 0 Å². The topological polar surface area (TPSA) is 53.4 Å². The van der Waals surface area contributed by atoms with E-state index in [0.717, 1.165) is 24.8 Å². The van der Waals surface area contributed by atoms with E-state index in [4.69, 9.17) is 0 Å². The van der Waals surface area contributed by atoms with E-state index >= 15 is 0 Å². The summed E-state index contributed by atoms with van der Waals surface area (Å²) in [6.07, 6.45) is 6.18. The third-order valence-corrected chi connectivity index (χ3v) is 5.96. The van der Waals surface area contributed by atoms with Gasteiger partial charge in [0.25, 0.3) is 0 Å². The predicted molar refractivity (Wildman–Crippen MR) is 116 cm³/mol. The first-order valence-corrected chi connectivity index (χ1v) is 10.7. The minimum Gasteiger partial charge on any atom is -0.508 e. The molecule has 2 rings (SSSR count). The fourth-order valence-corrected chi connectivity index (χ4v) is 4.47. The molecule has 4 unspecified atom stereocenters. The fraction of sp³-hybridized carbons (Fsp3) is 0.560. The molecular formula is C25H37NO2. The highest BCUT2D eigenvalue weighted by Gasteiger charge is 2.36. The van der Waals surface area contributed by atoms with E-state index in [1.807, 2.05) is 37.4 Å². The van der Waals surface area contributed by atoms with Crippen molar-refractivity contribution < 1.29 is 10.2 Å². The molecule has 3 nitrogen and oxygen atoms in total. The van der Waals surface area contributed by atoms with Gasteiger partial charge in [-0.3, -0.25) is 4.98 Å². The first-order valence-electron chi connectivity index (χ1n) is 10.7. The van der Waals surface area contributed by atoms with Crippen molar-refractivity contribution in [2.24, 2.45) is 23.7 Å². The van der Waals surface area contributed by atoms with Gasteiger partial charge in [0.05, 0.1) is 6.10 Å². The Labute approximate surface area is 170 Å². The second-order valence-electron chi connectivity index (χ2n) is 8.93. The number of hydrogen-bond donors (Lipinski definition) is 2. The maximum absolute atomic E-state index is 10.9. The highest BCUT2D eigenvalue weighted by Crippen LogP contribution is 2.43. The number of aromatic nitrogens is 1. The second-order valence-corrected chi connectivity index (χ2v) is 8.93. The van der Waals surface area contributed by atoms with Crippen molar-refractivity contribution in [2.75, 3.05) is 0 Å². The Morgan fingerprint density at radius 3 is 2.18 bits per heavy atom. The van der Waals surface area contributed by atoms with Gasteiger partial charge in [0.15, 0.2) is 0 Å². The zero-order chi connectivity index (χ0) is 20.7. The highest BCUT2D eigenvalue weighted by atomic mass is 16.3. The van der Waals surface area contributed by atoms with Crippen LogP contribution in [0, 0.1) is 23.7 Å². The van der Waals surface area contributed by atoms with Crippen LogP contribution in [0.15, 0.2) is 48.8 Å². The SMILES string of the molecule is CC(C)CCC(c1ccccc1O)C(C(C)O)C(Cc1cccnc1)C(C)C. The molecule has 0 aliphatic heterocycles. The Morgan fingerprint density at radius 2 is 1.64 bits per heavy atom. The Balaban J connectivity index is 2.44. The number of aliphatic hydroxyl groups excluding tert-OH is 1. The Kier molecular flexibility index (Phi) is 8.50. The van der Waals surface area contributed by atoms with Gasteiger partial charge >= 0.3 is 0 Å². The summed E-state index contributed by atoms with van der Waals surface area (Å²) >= 11 is 0. The zero-order valence-electron chi connectivity index (χ0n) is 18.0. The van der Waals surface area contributed by atoms with Crippen LogP contribution in [0.2, 0.25) is 0 Å². The minimum absolute atomic E-state index is 0.0623. The van der Waals surface area contributed by atoms with Crippen molar-refractivity contribution in [1.29, 1.82) is 0 Å². The molecule has 154 valence electrons. The molecule has 0 saturated heterocycles. The first kappa shape index (κ1) is 22.4.